The van der Waals surface area contributed by atoms with Gasteiger partial charge in [-0.15, -0.1) is 0 Å². The molecule has 0 aromatic carbocycles. The Morgan fingerprint density at radius 3 is 3.00 bits per heavy atom. The van der Waals surface area contributed by atoms with Gasteiger partial charge in [-0.2, -0.15) is 9.37 Å². The molecule has 1 unspecified atom stereocenters. The Labute approximate surface area is 153 Å². The highest BCUT2D eigenvalue weighted by Crippen LogP contribution is 2.31. The number of carbonyl (C=O) groups excluding carboxylic acids is 1. The molecule has 1 saturated heterocycles. The van der Waals surface area contributed by atoms with Gasteiger partial charge >= 0.3 is 0 Å². The summed E-state index contributed by atoms with van der Waals surface area (Å²) in [5.74, 6) is 0.0224. The summed E-state index contributed by atoms with van der Waals surface area (Å²) in [6.45, 7) is 0.538. The maximum atomic E-state index is 13.0. The fourth-order valence-corrected chi connectivity index (χ4v) is 3.23. The predicted octanol–water partition coefficient (Wildman–Crippen LogP) is 3.55. The molecule has 0 spiro atoms. The largest absolute Gasteiger partial charge is 0.357 e. The summed E-state index contributed by atoms with van der Waals surface area (Å²) in [7, 11) is 0. The minimum Gasteiger partial charge on any atom is -0.357 e. The van der Waals surface area contributed by atoms with E-state index in [2.05, 4.69) is 20.1 Å². The van der Waals surface area contributed by atoms with Gasteiger partial charge in [-0.05, 0) is 31.0 Å². The zero-order valence-corrected chi connectivity index (χ0v) is 14.4. The van der Waals surface area contributed by atoms with Crippen LogP contribution in [-0.2, 0) is 4.79 Å². The van der Waals surface area contributed by atoms with Crippen LogP contribution < -0.4 is 4.90 Å². The molecule has 1 amide bonds. The molecule has 26 heavy (non-hydrogen) atoms. The van der Waals surface area contributed by atoms with Gasteiger partial charge in [0, 0.05) is 25.1 Å². The summed E-state index contributed by atoms with van der Waals surface area (Å²) in [6.07, 6.45) is 4.75. The van der Waals surface area contributed by atoms with E-state index in [1.54, 1.807) is 23.2 Å². The van der Waals surface area contributed by atoms with E-state index in [1.807, 2.05) is 0 Å². The van der Waals surface area contributed by atoms with E-state index in [-0.39, 0.29) is 18.2 Å². The van der Waals surface area contributed by atoms with E-state index in [0.717, 1.165) is 12.8 Å². The van der Waals surface area contributed by atoms with Gasteiger partial charge in [0.05, 0.1) is 22.6 Å². The number of aromatic amines is 1. The second kappa shape index (κ2) is 6.87. The normalized spacial score (nSPS) is 18.2. The van der Waals surface area contributed by atoms with Crippen molar-refractivity contribution in [1.82, 2.24) is 20.1 Å². The third-order valence-corrected chi connectivity index (χ3v) is 4.58. The average molecular weight is 376 g/mol. The molecule has 0 radical (unpaired) electrons. The first-order valence-electron chi connectivity index (χ1n) is 8.20. The molecule has 4 heterocycles. The number of hydrogen-bond donors (Lipinski definition) is 1. The minimum absolute atomic E-state index is 0.0800. The molecule has 0 saturated carbocycles. The highest BCUT2D eigenvalue weighted by atomic mass is 35.5. The van der Waals surface area contributed by atoms with E-state index in [4.69, 9.17) is 16.1 Å². The lowest BCUT2D eigenvalue weighted by Crippen LogP contribution is -2.30. The fourth-order valence-electron chi connectivity index (χ4n) is 3.06. The number of amides is 1. The van der Waals surface area contributed by atoms with Crippen molar-refractivity contribution in [2.24, 2.45) is 0 Å². The Hall–Kier alpha value is -2.74. The number of anilines is 1. The monoisotopic (exact) mass is 375 g/mol. The molecule has 1 aliphatic rings. The van der Waals surface area contributed by atoms with Crippen molar-refractivity contribution >= 4 is 23.2 Å². The zero-order valence-electron chi connectivity index (χ0n) is 13.7. The van der Waals surface area contributed by atoms with Crippen LogP contribution >= 0.6 is 11.6 Å². The molecular formula is C17H15ClFN5O2. The molecule has 1 aliphatic heterocycles. The third kappa shape index (κ3) is 3.32. The van der Waals surface area contributed by atoms with Gasteiger partial charge in [-0.3, -0.25) is 4.79 Å². The number of aromatic nitrogens is 4. The summed E-state index contributed by atoms with van der Waals surface area (Å²) in [5.41, 5.74) is 1.24. The molecule has 3 aromatic heterocycles. The molecule has 0 bridgehead atoms. The van der Waals surface area contributed by atoms with Crippen molar-refractivity contribution in [3.05, 3.63) is 47.5 Å². The summed E-state index contributed by atoms with van der Waals surface area (Å²) in [6, 6.07) is 4.51. The Morgan fingerprint density at radius 1 is 1.38 bits per heavy atom. The lowest BCUT2D eigenvalue weighted by molar-refractivity contribution is -0.118. The number of pyridine rings is 1. The minimum atomic E-state index is -0.572. The maximum absolute atomic E-state index is 13.0. The molecule has 1 atom stereocenters. The van der Waals surface area contributed by atoms with Crippen molar-refractivity contribution in [3.8, 4) is 11.5 Å². The summed E-state index contributed by atoms with van der Waals surface area (Å²) >= 11 is 5.89. The molecule has 9 heteroatoms. The van der Waals surface area contributed by atoms with Crippen molar-refractivity contribution < 1.29 is 13.7 Å². The molecular weight excluding hydrogens is 361 g/mol. The molecule has 7 nitrogen and oxygen atoms in total. The Bertz CT molecular complexity index is 923. The van der Waals surface area contributed by atoms with Crippen molar-refractivity contribution in [3.63, 3.8) is 0 Å². The topological polar surface area (TPSA) is 87.9 Å². The van der Waals surface area contributed by atoms with Gasteiger partial charge in [-0.1, -0.05) is 16.8 Å². The van der Waals surface area contributed by atoms with Gasteiger partial charge in [-0.25, -0.2) is 4.98 Å². The number of halogens is 2. The lowest BCUT2D eigenvalue weighted by Gasteiger charge is -2.20. The van der Waals surface area contributed by atoms with E-state index in [0.29, 0.717) is 34.7 Å². The molecule has 1 fully saturated rings. The molecule has 1 N–H and O–H groups in total. The van der Waals surface area contributed by atoms with Crippen LogP contribution in [0.25, 0.3) is 11.5 Å². The zero-order chi connectivity index (χ0) is 18.1. The molecule has 4 rings (SSSR count). The average Bonchev–Trinajstić information content (AvgIpc) is 3.23. The number of carbonyl (C=O) groups is 1. The number of rotatable bonds is 3. The third-order valence-electron chi connectivity index (χ3n) is 4.36. The Kier molecular flexibility index (Phi) is 4.42. The van der Waals surface area contributed by atoms with Crippen LogP contribution in [0.15, 0.2) is 35.1 Å². The van der Waals surface area contributed by atoms with Gasteiger partial charge in [0.2, 0.25) is 23.6 Å². The number of nitrogens with zero attached hydrogens (tertiary/aromatic N) is 4. The van der Waals surface area contributed by atoms with Crippen molar-refractivity contribution in [2.45, 2.75) is 25.2 Å². The van der Waals surface area contributed by atoms with Crippen molar-refractivity contribution in [1.29, 1.82) is 0 Å². The van der Waals surface area contributed by atoms with Gasteiger partial charge in [0.15, 0.2) is 0 Å². The highest BCUT2D eigenvalue weighted by Gasteiger charge is 2.29. The van der Waals surface area contributed by atoms with Crippen molar-refractivity contribution in [2.75, 3.05) is 11.4 Å². The van der Waals surface area contributed by atoms with Crippen LogP contribution in [0.4, 0.5) is 10.1 Å². The summed E-state index contributed by atoms with van der Waals surface area (Å²) in [5, 5.41) is 4.52. The van der Waals surface area contributed by atoms with Gasteiger partial charge < -0.3 is 14.4 Å². The van der Waals surface area contributed by atoms with E-state index >= 15 is 0 Å². The first-order valence-corrected chi connectivity index (χ1v) is 8.58. The standard InChI is InChI=1S/C17H15ClFN5O2/c18-11-7-13(20-8-11)16-22-17(26-23-16)10-2-1-5-24(15(25)6-10)12-3-4-14(19)21-9-12/h3-4,7-10,20H,1-2,5-6H2. The van der Waals surface area contributed by atoms with E-state index in [1.165, 1.54) is 12.3 Å². The van der Waals surface area contributed by atoms with Gasteiger partial charge in [0.25, 0.3) is 0 Å². The first-order chi connectivity index (χ1) is 12.6. The number of hydrogen-bond acceptors (Lipinski definition) is 5. The maximum Gasteiger partial charge on any atom is 0.230 e. The van der Waals surface area contributed by atoms with Crippen LogP contribution in [0.3, 0.4) is 0 Å². The van der Waals surface area contributed by atoms with Crippen LogP contribution in [0.2, 0.25) is 5.02 Å². The second-order valence-corrected chi connectivity index (χ2v) is 6.55. The number of H-pyrrole nitrogens is 1. The fraction of sp³-hybridized carbons (Fsp3) is 0.294. The molecule has 134 valence electrons. The van der Waals surface area contributed by atoms with Crippen LogP contribution in [0.1, 0.15) is 31.1 Å². The lowest BCUT2D eigenvalue weighted by atomic mass is 10.0. The molecule has 0 aliphatic carbocycles. The summed E-state index contributed by atoms with van der Waals surface area (Å²) in [4.78, 5) is 25.3. The molecule has 3 aromatic rings. The van der Waals surface area contributed by atoms with E-state index in [9.17, 15) is 9.18 Å². The summed E-state index contributed by atoms with van der Waals surface area (Å²) < 4.78 is 18.4. The van der Waals surface area contributed by atoms with Gasteiger partial charge in [0.1, 0.15) is 0 Å². The van der Waals surface area contributed by atoms with E-state index < -0.39 is 5.95 Å². The van der Waals surface area contributed by atoms with Crippen LogP contribution in [-0.4, -0.2) is 32.6 Å². The quantitative estimate of drug-likeness (QED) is 0.707. The van der Waals surface area contributed by atoms with Crippen LogP contribution in [0.5, 0.6) is 0 Å². The number of nitrogens with one attached hydrogen (secondary N) is 1. The van der Waals surface area contributed by atoms with Crippen LogP contribution in [0, 0.1) is 5.95 Å². The Morgan fingerprint density at radius 2 is 2.27 bits per heavy atom. The second-order valence-electron chi connectivity index (χ2n) is 6.12. The Balaban J connectivity index is 1.52. The highest BCUT2D eigenvalue weighted by molar-refractivity contribution is 6.30. The SMILES string of the molecule is O=C1CC(c2nc(-c3cc(Cl)c[nH]3)no2)CCCN1c1ccc(F)nc1. The first kappa shape index (κ1) is 16.7. The predicted molar refractivity (Wildman–Crippen MR) is 92.2 cm³/mol. The smallest absolute Gasteiger partial charge is 0.230 e.